The molecule has 4 heteroatoms. The van der Waals surface area contributed by atoms with Gasteiger partial charge in [0.2, 0.25) is 0 Å². The Morgan fingerprint density at radius 3 is 2.62 bits per heavy atom. The molecule has 21 heavy (non-hydrogen) atoms. The number of allylic oxidation sites excluding steroid dienone is 3. The minimum Gasteiger partial charge on any atom is -0.394 e. The predicted octanol–water partition coefficient (Wildman–Crippen LogP) is 2.80. The molecule has 1 aliphatic rings. The molecule has 1 aliphatic heterocycles. The zero-order valence-corrected chi connectivity index (χ0v) is 13.7. The van der Waals surface area contributed by atoms with E-state index in [0.717, 1.165) is 12.8 Å². The van der Waals surface area contributed by atoms with Crippen LogP contribution in [0.25, 0.3) is 0 Å². The Balaban J connectivity index is 2.32. The molecule has 1 saturated heterocycles. The van der Waals surface area contributed by atoms with Gasteiger partial charge in [0.15, 0.2) is 6.29 Å². The molecule has 0 aromatic rings. The van der Waals surface area contributed by atoms with Crippen molar-refractivity contribution in [3.8, 4) is 0 Å². The molecular formula is C17H30O4. The maximum Gasteiger partial charge on any atom is 0.158 e. The fourth-order valence-electron chi connectivity index (χ4n) is 2.39. The maximum absolute atomic E-state index is 9.85. The summed E-state index contributed by atoms with van der Waals surface area (Å²) in [5.74, 6) is 0.0728. The van der Waals surface area contributed by atoms with Crippen LogP contribution < -0.4 is 0 Å². The quantitative estimate of drug-likeness (QED) is 0.710. The van der Waals surface area contributed by atoms with Crippen molar-refractivity contribution in [2.75, 3.05) is 13.2 Å². The van der Waals surface area contributed by atoms with Crippen LogP contribution in [0, 0.1) is 5.92 Å². The minimum absolute atomic E-state index is 0.0728. The summed E-state index contributed by atoms with van der Waals surface area (Å²) in [7, 11) is 0. The van der Waals surface area contributed by atoms with Crippen LogP contribution in [0.1, 0.15) is 47.0 Å². The first kappa shape index (κ1) is 18.4. The monoisotopic (exact) mass is 298 g/mol. The molecule has 0 aliphatic carbocycles. The van der Waals surface area contributed by atoms with Gasteiger partial charge in [0.1, 0.15) is 6.10 Å². The third kappa shape index (κ3) is 6.74. The van der Waals surface area contributed by atoms with Gasteiger partial charge in [-0.15, -0.1) is 0 Å². The number of rotatable bonds is 7. The van der Waals surface area contributed by atoms with Crippen LogP contribution in [0.2, 0.25) is 0 Å². The summed E-state index contributed by atoms with van der Waals surface area (Å²) in [6.45, 7) is 8.60. The second kappa shape index (κ2) is 9.36. The molecule has 0 saturated carbocycles. The van der Waals surface area contributed by atoms with Crippen LogP contribution >= 0.6 is 0 Å². The fourth-order valence-corrected chi connectivity index (χ4v) is 2.39. The van der Waals surface area contributed by atoms with Gasteiger partial charge in [0, 0.05) is 6.42 Å². The Kier molecular flexibility index (Phi) is 8.19. The Labute approximate surface area is 128 Å². The number of aliphatic hydroxyl groups excluding tert-OH is 2. The summed E-state index contributed by atoms with van der Waals surface area (Å²) >= 11 is 0. The van der Waals surface area contributed by atoms with E-state index in [0.29, 0.717) is 13.0 Å². The van der Waals surface area contributed by atoms with Gasteiger partial charge in [-0.25, -0.2) is 0 Å². The summed E-state index contributed by atoms with van der Waals surface area (Å²) in [5.41, 5.74) is 2.65. The van der Waals surface area contributed by atoms with E-state index in [1.54, 1.807) is 0 Å². The Hall–Kier alpha value is -0.680. The Morgan fingerprint density at radius 2 is 2.00 bits per heavy atom. The average Bonchev–Trinajstić information content (AvgIpc) is 2.42. The lowest BCUT2D eigenvalue weighted by Crippen LogP contribution is -2.46. The number of ether oxygens (including phenoxy) is 2. The van der Waals surface area contributed by atoms with Crippen molar-refractivity contribution >= 4 is 0 Å². The average molecular weight is 298 g/mol. The molecule has 0 bridgehead atoms. The van der Waals surface area contributed by atoms with Crippen molar-refractivity contribution in [1.82, 2.24) is 0 Å². The predicted molar refractivity (Wildman–Crippen MR) is 83.9 cm³/mol. The highest BCUT2D eigenvalue weighted by Gasteiger charge is 2.35. The lowest BCUT2D eigenvalue weighted by atomic mass is 9.93. The summed E-state index contributed by atoms with van der Waals surface area (Å²) in [6.07, 6.45) is 5.56. The molecule has 1 rings (SSSR count). The molecule has 0 radical (unpaired) electrons. The molecular weight excluding hydrogens is 268 g/mol. The lowest BCUT2D eigenvalue weighted by Gasteiger charge is -2.36. The molecule has 2 N–H and O–H groups in total. The van der Waals surface area contributed by atoms with E-state index in [-0.39, 0.29) is 18.8 Å². The molecule has 4 atom stereocenters. The molecule has 0 aromatic carbocycles. The first-order chi connectivity index (χ1) is 9.93. The van der Waals surface area contributed by atoms with Crippen LogP contribution in [0.15, 0.2) is 23.3 Å². The van der Waals surface area contributed by atoms with E-state index in [1.165, 1.54) is 11.1 Å². The third-order valence-corrected chi connectivity index (χ3v) is 3.84. The van der Waals surface area contributed by atoms with Crippen LogP contribution in [0.5, 0.6) is 0 Å². The van der Waals surface area contributed by atoms with Gasteiger partial charge >= 0.3 is 0 Å². The van der Waals surface area contributed by atoms with Crippen LogP contribution in [-0.4, -0.2) is 41.9 Å². The standard InChI is InChI=1S/C17H30O4/c1-12(2)6-5-7-13(3)8-9-20-16-10-14(4)17(19)15(11-18)21-16/h6,8,14-19H,5,7,9-11H2,1-4H3/b13-8+/t14-,15-,16-,17+/m1/s1. The van der Waals surface area contributed by atoms with Crippen molar-refractivity contribution in [3.63, 3.8) is 0 Å². The van der Waals surface area contributed by atoms with Crippen molar-refractivity contribution < 1.29 is 19.7 Å². The molecule has 1 fully saturated rings. The molecule has 0 unspecified atom stereocenters. The van der Waals surface area contributed by atoms with Crippen LogP contribution in [0.4, 0.5) is 0 Å². The highest BCUT2D eigenvalue weighted by atomic mass is 16.7. The van der Waals surface area contributed by atoms with Crippen molar-refractivity contribution in [1.29, 1.82) is 0 Å². The fraction of sp³-hybridized carbons (Fsp3) is 0.765. The molecule has 0 amide bonds. The van der Waals surface area contributed by atoms with Gasteiger partial charge in [0.05, 0.1) is 19.3 Å². The van der Waals surface area contributed by atoms with Gasteiger partial charge in [-0.05, 0) is 39.5 Å². The normalized spacial score (nSPS) is 30.3. The topological polar surface area (TPSA) is 58.9 Å². The first-order valence-corrected chi connectivity index (χ1v) is 7.79. The van der Waals surface area contributed by atoms with Crippen LogP contribution in [-0.2, 0) is 9.47 Å². The number of aliphatic hydroxyl groups is 2. The van der Waals surface area contributed by atoms with Gasteiger partial charge in [-0.1, -0.05) is 30.2 Å². The molecule has 1 heterocycles. The Bertz CT molecular complexity index is 358. The van der Waals surface area contributed by atoms with Crippen LogP contribution in [0.3, 0.4) is 0 Å². The summed E-state index contributed by atoms with van der Waals surface area (Å²) < 4.78 is 11.2. The first-order valence-electron chi connectivity index (χ1n) is 7.79. The van der Waals surface area contributed by atoms with E-state index >= 15 is 0 Å². The van der Waals surface area contributed by atoms with Gasteiger partial charge < -0.3 is 19.7 Å². The smallest absolute Gasteiger partial charge is 0.158 e. The molecule has 0 spiro atoms. The van der Waals surface area contributed by atoms with Gasteiger partial charge in [0.25, 0.3) is 0 Å². The van der Waals surface area contributed by atoms with E-state index in [1.807, 2.05) is 6.92 Å². The molecule has 0 aromatic heterocycles. The molecule has 122 valence electrons. The van der Waals surface area contributed by atoms with Crippen molar-refractivity contribution in [2.45, 2.75) is 65.5 Å². The van der Waals surface area contributed by atoms with Crippen molar-refractivity contribution in [3.05, 3.63) is 23.3 Å². The number of hydrogen-bond acceptors (Lipinski definition) is 4. The summed E-state index contributed by atoms with van der Waals surface area (Å²) in [4.78, 5) is 0. The van der Waals surface area contributed by atoms with Gasteiger partial charge in [-0.3, -0.25) is 0 Å². The maximum atomic E-state index is 9.85. The lowest BCUT2D eigenvalue weighted by molar-refractivity contribution is -0.240. The van der Waals surface area contributed by atoms with E-state index in [2.05, 4.69) is 32.9 Å². The summed E-state index contributed by atoms with van der Waals surface area (Å²) in [5, 5.41) is 19.0. The number of hydrogen-bond donors (Lipinski definition) is 2. The summed E-state index contributed by atoms with van der Waals surface area (Å²) in [6, 6.07) is 0. The zero-order chi connectivity index (χ0) is 15.8. The van der Waals surface area contributed by atoms with E-state index in [9.17, 15) is 10.2 Å². The molecule has 4 nitrogen and oxygen atoms in total. The highest BCUT2D eigenvalue weighted by Crippen LogP contribution is 2.25. The zero-order valence-electron chi connectivity index (χ0n) is 13.7. The van der Waals surface area contributed by atoms with Crippen molar-refractivity contribution in [2.24, 2.45) is 5.92 Å². The second-order valence-corrected chi connectivity index (χ2v) is 6.19. The van der Waals surface area contributed by atoms with E-state index in [4.69, 9.17) is 9.47 Å². The largest absolute Gasteiger partial charge is 0.394 e. The third-order valence-electron chi connectivity index (χ3n) is 3.84. The van der Waals surface area contributed by atoms with Gasteiger partial charge in [-0.2, -0.15) is 0 Å². The Morgan fingerprint density at radius 1 is 1.29 bits per heavy atom. The second-order valence-electron chi connectivity index (χ2n) is 6.19. The highest BCUT2D eigenvalue weighted by molar-refractivity contribution is 5.02. The van der Waals surface area contributed by atoms with E-state index < -0.39 is 12.2 Å². The minimum atomic E-state index is -0.615. The SMILES string of the molecule is CC(C)=CCC/C(C)=C/CO[C@H]1C[C@@H](C)[C@H](O)[C@@H](CO)O1.